The average molecular weight is 411 g/mol. The molecule has 1 atom stereocenters. The van der Waals surface area contributed by atoms with Crippen LogP contribution >= 0.6 is 57.4 Å². The van der Waals surface area contributed by atoms with E-state index >= 15 is 0 Å². The Morgan fingerprint density at radius 2 is 1.50 bits per heavy atom. The second-order valence-electron chi connectivity index (χ2n) is 3.89. The summed E-state index contributed by atoms with van der Waals surface area (Å²) in [6.07, 6.45) is 0. The minimum absolute atomic E-state index is 0.112. The van der Waals surface area contributed by atoms with E-state index in [9.17, 15) is 0 Å². The molecule has 0 saturated heterocycles. The van der Waals surface area contributed by atoms with Crippen molar-refractivity contribution in [1.29, 1.82) is 0 Å². The lowest BCUT2D eigenvalue weighted by Crippen LogP contribution is -2.09. The Kier molecular flexibility index (Phi) is 5.19. The third-order valence-corrected chi connectivity index (χ3v) is 4.29. The van der Waals surface area contributed by atoms with Crippen LogP contribution in [0.15, 0.2) is 48.5 Å². The number of alkyl halides is 2. The quantitative estimate of drug-likeness (QED) is 0.437. The lowest BCUT2D eigenvalue weighted by atomic mass is 9.93. The van der Waals surface area contributed by atoms with Crippen LogP contribution in [0.2, 0.25) is 5.02 Å². The first-order chi connectivity index (χ1) is 8.59. The summed E-state index contributed by atoms with van der Waals surface area (Å²) in [4.78, 5) is -0.537. The van der Waals surface area contributed by atoms with E-state index < -0.39 is 4.84 Å². The summed E-state index contributed by atoms with van der Waals surface area (Å²) < 4.78 is 1.18. The number of hydrogen-bond acceptors (Lipinski definition) is 0. The van der Waals surface area contributed by atoms with Crippen molar-refractivity contribution in [2.24, 2.45) is 0 Å². The molecular formula is C14H10Cl3I. The van der Waals surface area contributed by atoms with Crippen LogP contribution in [0.25, 0.3) is 0 Å². The molecule has 0 spiro atoms. The first-order valence-corrected chi connectivity index (χ1v) is 7.70. The first-order valence-electron chi connectivity index (χ1n) is 5.37. The Labute approximate surface area is 135 Å². The van der Waals surface area contributed by atoms with E-state index in [-0.39, 0.29) is 5.92 Å². The molecule has 0 aromatic heterocycles. The zero-order valence-electron chi connectivity index (χ0n) is 9.29. The van der Waals surface area contributed by atoms with Crippen molar-refractivity contribution in [3.05, 3.63) is 68.3 Å². The standard InChI is InChI=1S/C14H10Cl3I/c15-12-4-2-1-3-11(12)13(14(16)17)9-5-7-10(18)8-6-9/h1-8,13-14H/t13-/m1/s1. The molecule has 0 saturated carbocycles. The molecule has 2 rings (SSSR count). The molecule has 0 aliphatic rings. The van der Waals surface area contributed by atoms with E-state index in [0.717, 1.165) is 11.1 Å². The van der Waals surface area contributed by atoms with Gasteiger partial charge < -0.3 is 0 Å². The molecule has 94 valence electrons. The predicted molar refractivity (Wildman–Crippen MR) is 87.9 cm³/mol. The summed E-state index contributed by atoms with van der Waals surface area (Å²) in [6.45, 7) is 0. The smallest absolute Gasteiger partial charge is 0.104 e. The summed E-state index contributed by atoms with van der Waals surface area (Å²) in [6, 6.07) is 15.8. The van der Waals surface area contributed by atoms with Crippen LogP contribution in [0.3, 0.4) is 0 Å². The maximum Gasteiger partial charge on any atom is 0.118 e. The largest absolute Gasteiger partial charge is 0.118 e. The molecule has 0 fully saturated rings. The Balaban J connectivity index is 2.47. The summed E-state index contributed by atoms with van der Waals surface area (Å²) in [5.41, 5.74) is 2.02. The van der Waals surface area contributed by atoms with Crippen LogP contribution in [0, 0.1) is 3.57 Å². The fraction of sp³-hybridized carbons (Fsp3) is 0.143. The highest BCUT2D eigenvalue weighted by Crippen LogP contribution is 2.37. The van der Waals surface area contributed by atoms with Gasteiger partial charge in [-0.25, -0.2) is 0 Å². The second kappa shape index (κ2) is 6.47. The molecule has 0 heterocycles. The zero-order valence-corrected chi connectivity index (χ0v) is 13.7. The van der Waals surface area contributed by atoms with Crippen LogP contribution in [-0.2, 0) is 0 Å². The van der Waals surface area contributed by atoms with Gasteiger partial charge in [-0.05, 0) is 51.9 Å². The molecule has 4 heteroatoms. The molecule has 0 radical (unpaired) electrons. The molecule has 0 aliphatic carbocycles. The summed E-state index contributed by atoms with van der Waals surface area (Å²) in [7, 11) is 0. The van der Waals surface area contributed by atoms with Crippen molar-refractivity contribution >= 4 is 57.4 Å². The number of rotatable bonds is 3. The van der Waals surface area contributed by atoms with Crippen molar-refractivity contribution in [1.82, 2.24) is 0 Å². The summed E-state index contributed by atoms with van der Waals surface area (Å²) in [5, 5.41) is 0.687. The first kappa shape index (κ1) is 14.4. The third-order valence-electron chi connectivity index (χ3n) is 2.72. The highest BCUT2D eigenvalue weighted by atomic mass is 127. The molecule has 0 bridgehead atoms. The molecule has 2 aromatic carbocycles. The lowest BCUT2D eigenvalue weighted by Gasteiger charge is -2.20. The minimum atomic E-state index is -0.537. The van der Waals surface area contributed by atoms with Crippen LogP contribution in [0.5, 0.6) is 0 Å². The maximum atomic E-state index is 6.23. The van der Waals surface area contributed by atoms with Gasteiger partial charge in [0.05, 0.1) is 0 Å². The molecule has 0 unspecified atom stereocenters. The molecule has 0 nitrogen and oxygen atoms in total. The Bertz CT molecular complexity index is 523. The summed E-state index contributed by atoms with van der Waals surface area (Å²) >= 11 is 20.8. The number of halogens is 4. The number of hydrogen-bond donors (Lipinski definition) is 0. The van der Waals surface area contributed by atoms with Crippen LogP contribution in [0.1, 0.15) is 17.0 Å². The fourth-order valence-corrected chi connectivity index (χ4v) is 3.03. The van der Waals surface area contributed by atoms with Gasteiger partial charge in [-0.15, -0.1) is 23.2 Å². The van der Waals surface area contributed by atoms with Crippen molar-refractivity contribution in [2.45, 2.75) is 10.8 Å². The Hall–Kier alpha value is 0.0400. The van der Waals surface area contributed by atoms with Gasteiger partial charge in [0, 0.05) is 14.5 Å². The molecule has 0 N–H and O–H groups in total. The van der Waals surface area contributed by atoms with E-state index in [0.29, 0.717) is 5.02 Å². The van der Waals surface area contributed by atoms with Gasteiger partial charge >= 0.3 is 0 Å². The topological polar surface area (TPSA) is 0 Å². The second-order valence-corrected chi connectivity index (χ2v) is 6.70. The van der Waals surface area contributed by atoms with Crippen LogP contribution < -0.4 is 0 Å². The average Bonchev–Trinajstić information content (AvgIpc) is 2.34. The van der Waals surface area contributed by atoms with Gasteiger partial charge in [-0.1, -0.05) is 41.9 Å². The van der Waals surface area contributed by atoms with Crippen molar-refractivity contribution in [3.63, 3.8) is 0 Å². The van der Waals surface area contributed by atoms with Crippen molar-refractivity contribution in [3.8, 4) is 0 Å². The van der Waals surface area contributed by atoms with Gasteiger partial charge in [0.15, 0.2) is 0 Å². The summed E-state index contributed by atoms with van der Waals surface area (Å²) in [5.74, 6) is -0.112. The van der Waals surface area contributed by atoms with Gasteiger partial charge in [-0.3, -0.25) is 0 Å². The zero-order chi connectivity index (χ0) is 13.1. The minimum Gasteiger partial charge on any atom is -0.104 e. The molecule has 2 aromatic rings. The third kappa shape index (κ3) is 3.32. The van der Waals surface area contributed by atoms with E-state index in [1.165, 1.54) is 3.57 Å². The SMILES string of the molecule is Clc1ccccc1[C@@H](c1ccc(I)cc1)C(Cl)Cl. The van der Waals surface area contributed by atoms with Gasteiger partial charge in [0.1, 0.15) is 4.84 Å². The Morgan fingerprint density at radius 1 is 0.889 bits per heavy atom. The van der Waals surface area contributed by atoms with Crippen LogP contribution in [-0.4, -0.2) is 4.84 Å². The molecular weight excluding hydrogens is 401 g/mol. The normalized spacial score (nSPS) is 12.7. The van der Waals surface area contributed by atoms with Gasteiger partial charge in [0.2, 0.25) is 0 Å². The number of benzene rings is 2. The van der Waals surface area contributed by atoms with E-state index in [2.05, 4.69) is 22.6 Å². The lowest BCUT2D eigenvalue weighted by molar-refractivity contribution is 0.887. The van der Waals surface area contributed by atoms with E-state index in [1.54, 1.807) is 0 Å². The van der Waals surface area contributed by atoms with Gasteiger partial charge in [-0.2, -0.15) is 0 Å². The Morgan fingerprint density at radius 3 is 2.06 bits per heavy atom. The monoisotopic (exact) mass is 410 g/mol. The van der Waals surface area contributed by atoms with Crippen molar-refractivity contribution in [2.75, 3.05) is 0 Å². The van der Waals surface area contributed by atoms with Crippen molar-refractivity contribution < 1.29 is 0 Å². The predicted octanol–water partition coefficient (Wildman–Crippen LogP) is 5.88. The molecule has 0 amide bonds. The van der Waals surface area contributed by atoms with E-state index in [1.807, 2.05) is 48.5 Å². The highest BCUT2D eigenvalue weighted by Gasteiger charge is 2.23. The van der Waals surface area contributed by atoms with Gasteiger partial charge in [0.25, 0.3) is 0 Å². The molecule has 18 heavy (non-hydrogen) atoms. The fourth-order valence-electron chi connectivity index (χ4n) is 1.86. The van der Waals surface area contributed by atoms with Crippen LogP contribution in [0.4, 0.5) is 0 Å². The maximum absolute atomic E-state index is 6.23. The van der Waals surface area contributed by atoms with E-state index in [4.69, 9.17) is 34.8 Å². The highest BCUT2D eigenvalue weighted by molar-refractivity contribution is 14.1. The molecule has 0 aliphatic heterocycles.